The Morgan fingerprint density at radius 2 is 2.11 bits per heavy atom. The molecule has 0 atom stereocenters. The smallest absolute Gasteiger partial charge is 0.125 e. The monoisotopic (exact) mass is 264 g/mol. The van der Waals surface area contributed by atoms with E-state index in [1.165, 1.54) is 17.7 Å². The summed E-state index contributed by atoms with van der Waals surface area (Å²) in [5.41, 5.74) is 2.04. The zero-order valence-electron chi connectivity index (χ0n) is 9.87. The summed E-state index contributed by atoms with van der Waals surface area (Å²) in [6.45, 7) is 1.43. The van der Waals surface area contributed by atoms with Crippen LogP contribution in [0.2, 0.25) is 5.02 Å². The Labute approximate surface area is 111 Å². The lowest BCUT2D eigenvalue weighted by Gasteiger charge is -2.05. The van der Waals surface area contributed by atoms with Gasteiger partial charge >= 0.3 is 0 Å². The Morgan fingerprint density at radius 1 is 1.22 bits per heavy atom. The van der Waals surface area contributed by atoms with E-state index in [1.807, 2.05) is 18.3 Å². The molecule has 0 aliphatic heterocycles. The molecule has 2 nitrogen and oxygen atoms in total. The summed E-state index contributed by atoms with van der Waals surface area (Å²) in [6, 6.07) is 8.51. The third kappa shape index (κ3) is 4.09. The predicted octanol–water partition coefficient (Wildman–Crippen LogP) is 3.21. The molecular weight excluding hydrogens is 251 g/mol. The van der Waals surface area contributed by atoms with E-state index in [0.717, 1.165) is 18.5 Å². The molecule has 0 aliphatic rings. The third-order valence-corrected chi connectivity index (χ3v) is 2.78. The standard InChI is InChI=1S/C14H14ClFN2/c15-13-6-12(7-14(16)8-13)10-18-5-3-11-2-1-4-17-9-11/h1-2,4,6-9,18H,3,5,10H2. The summed E-state index contributed by atoms with van der Waals surface area (Å²) in [6.07, 6.45) is 4.50. The second kappa shape index (κ2) is 6.47. The molecule has 0 fully saturated rings. The summed E-state index contributed by atoms with van der Waals surface area (Å²) in [4.78, 5) is 4.05. The number of pyridine rings is 1. The number of aromatic nitrogens is 1. The Morgan fingerprint density at radius 3 is 2.83 bits per heavy atom. The number of hydrogen-bond donors (Lipinski definition) is 1. The Hall–Kier alpha value is -1.45. The van der Waals surface area contributed by atoms with Crippen LogP contribution in [0.3, 0.4) is 0 Å². The topological polar surface area (TPSA) is 24.9 Å². The second-order valence-electron chi connectivity index (χ2n) is 4.07. The highest BCUT2D eigenvalue weighted by Crippen LogP contribution is 2.13. The number of nitrogens with one attached hydrogen (secondary N) is 1. The lowest BCUT2D eigenvalue weighted by atomic mass is 10.2. The van der Waals surface area contributed by atoms with E-state index in [0.29, 0.717) is 11.6 Å². The van der Waals surface area contributed by atoms with E-state index >= 15 is 0 Å². The molecule has 4 heteroatoms. The van der Waals surface area contributed by atoms with Crippen LogP contribution < -0.4 is 5.32 Å². The van der Waals surface area contributed by atoms with E-state index in [2.05, 4.69) is 10.3 Å². The van der Waals surface area contributed by atoms with Gasteiger partial charge in [-0.2, -0.15) is 0 Å². The van der Waals surface area contributed by atoms with Crippen molar-refractivity contribution in [3.05, 3.63) is 64.7 Å². The predicted molar refractivity (Wildman–Crippen MR) is 71.1 cm³/mol. The van der Waals surface area contributed by atoms with Crippen molar-refractivity contribution in [3.63, 3.8) is 0 Å². The average Bonchev–Trinajstić information content (AvgIpc) is 2.35. The largest absolute Gasteiger partial charge is 0.312 e. The molecular formula is C14H14ClFN2. The van der Waals surface area contributed by atoms with Gasteiger partial charge in [0.2, 0.25) is 0 Å². The van der Waals surface area contributed by atoms with Crippen LogP contribution in [0.15, 0.2) is 42.7 Å². The van der Waals surface area contributed by atoms with Crippen LogP contribution in [0.25, 0.3) is 0 Å². The first-order valence-corrected chi connectivity index (χ1v) is 6.16. The maximum atomic E-state index is 13.1. The fourth-order valence-corrected chi connectivity index (χ4v) is 1.97. The van der Waals surface area contributed by atoms with E-state index < -0.39 is 0 Å². The number of benzene rings is 1. The molecule has 0 saturated carbocycles. The molecule has 94 valence electrons. The van der Waals surface area contributed by atoms with Gasteiger partial charge in [0.1, 0.15) is 5.82 Å². The van der Waals surface area contributed by atoms with E-state index in [4.69, 9.17) is 11.6 Å². The molecule has 0 unspecified atom stereocenters. The van der Waals surface area contributed by atoms with Crippen molar-refractivity contribution in [3.8, 4) is 0 Å². The molecule has 0 aliphatic carbocycles. The van der Waals surface area contributed by atoms with Gasteiger partial charge in [-0.3, -0.25) is 4.98 Å². The molecule has 1 N–H and O–H groups in total. The first kappa shape index (κ1) is 13.0. The van der Waals surface area contributed by atoms with E-state index in [-0.39, 0.29) is 5.82 Å². The van der Waals surface area contributed by atoms with Crippen molar-refractivity contribution in [2.75, 3.05) is 6.54 Å². The highest BCUT2D eigenvalue weighted by Gasteiger charge is 1.99. The van der Waals surface area contributed by atoms with Gasteiger partial charge in [0, 0.05) is 24.0 Å². The van der Waals surface area contributed by atoms with Crippen molar-refractivity contribution in [1.29, 1.82) is 0 Å². The van der Waals surface area contributed by atoms with Gasteiger partial charge in [0.15, 0.2) is 0 Å². The van der Waals surface area contributed by atoms with Crippen molar-refractivity contribution in [1.82, 2.24) is 10.3 Å². The lowest BCUT2D eigenvalue weighted by molar-refractivity contribution is 0.620. The molecule has 0 spiro atoms. The highest BCUT2D eigenvalue weighted by molar-refractivity contribution is 6.30. The first-order chi connectivity index (χ1) is 8.74. The summed E-state index contributed by atoms with van der Waals surface area (Å²) in [7, 11) is 0. The minimum atomic E-state index is -0.299. The van der Waals surface area contributed by atoms with Gasteiger partial charge in [-0.05, 0) is 48.4 Å². The number of halogens is 2. The van der Waals surface area contributed by atoms with Gasteiger partial charge in [-0.15, -0.1) is 0 Å². The third-order valence-electron chi connectivity index (χ3n) is 2.56. The summed E-state index contributed by atoms with van der Waals surface area (Å²) in [5.74, 6) is -0.299. The fraction of sp³-hybridized carbons (Fsp3) is 0.214. The van der Waals surface area contributed by atoms with Crippen molar-refractivity contribution in [2.45, 2.75) is 13.0 Å². The molecule has 1 aromatic heterocycles. The fourth-order valence-electron chi connectivity index (χ4n) is 1.72. The van der Waals surface area contributed by atoms with Crippen LogP contribution >= 0.6 is 11.6 Å². The van der Waals surface area contributed by atoms with Crippen molar-refractivity contribution in [2.24, 2.45) is 0 Å². The molecule has 0 radical (unpaired) electrons. The van der Waals surface area contributed by atoms with Crippen molar-refractivity contribution >= 4 is 11.6 Å². The Kier molecular flexibility index (Phi) is 4.67. The van der Waals surface area contributed by atoms with Crippen LogP contribution in [0.5, 0.6) is 0 Å². The van der Waals surface area contributed by atoms with Gasteiger partial charge < -0.3 is 5.32 Å². The zero-order chi connectivity index (χ0) is 12.8. The number of rotatable bonds is 5. The van der Waals surface area contributed by atoms with Crippen LogP contribution in [-0.2, 0) is 13.0 Å². The number of nitrogens with zero attached hydrogens (tertiary/aromatic N) is 1. The zero-order valence-corrected chi connectivity index (χ0v) is 10.6. The Balaban J connectivity index is 1.78. The van der Waals surface area contributed by atoms with Gasteiger partial charge in [-0.25, -0.2) is 4.39 Å². The second-order valence-corrected chi connectivity index (χ2v) is 4.50. The molecule has 2 aromatic rings. The average molecular weight is 265 g/mol. The summed E-state index contributed by atoms with van der Waals surface area (Å²) < 4.78 is 13.1. The van der Waals surface area contributed by atoms with Gasteiger partial charge in [-0.1, -0.05) is 17.7 Å². The minimum absolute atomic E-state index is 0.299. The Bertz CT molecular complexity index is 482. The van der Waals surface area contributed by atoms with Gasteiger partial charge in [0.25, 0.3) is 0 Å². The summed E-state index contributed by atoms with van der Waals surface area (Å²) in [5, 5.41) is 3.68. The van der Waals surface area contributed by atoms with Crippen LogP contribution in [0, 0.1) is 5.82 Å². The van der Waals surface area contributed by atoms with Crippen LogP contribution in [0.1, 0.15) is 11.1 Å². The van der Waals surface area contributed by atoms with Crippen molar-refractivity contribution < 1.29 is 4.39 Å². The quantitative estimate of drug-likeness (QED) is 0.839. The summed E-state index contributed by atoms with van der Waals surface area (Å²) >= 11 is 5.78. The normalized spacial score (nSPS) is 10.6. The van der Waals surface area contributed by atoms with Gasteiger partial charge in [0.05, 0.1) is 0 Å². The molecule has 2 rings (SSSR count). The van der Waals surface area contributed by atoms with Crippen LogP contribution in [-0.4, -0.2) is 11.5 Å². The minimum Gasteiger partial charge on any atom is -0.312 e. The molecule has 0 saturated heterocycles. The highest BCUT2D eigenvalue weighted by atomic mass is 35.5. The maximum Gasteiger partial charge on any atom is 0.125 e. The molecule has 0 amide bonds. The number of hydrogen-bond acceptors (Lipinski definition) is 2. The van der Waals surface area contributed by atoms with E-state index in [9.17, 15) is 4.39 Å². The van der Waals surface area contributed by atoms with E-state index in [1.54, 1.807) is 12.3 Å². The molecule has 0 bridgehead atoms. The SMILES string of the molecule is Fc1cc(Cl)cc(CNCCc2cccnc2)c1. The molecule has 18 heavy (non-hydrogen) atoms. The first-order valence-electron chi connectivity index (χ1n) is 5.78. The molecule has 1 heterocycles. The molecule has 1 aromatic carbocycles. The lowest BCUT2D eigenvalue weighted by Crippen LogP contribution is -2.16. The maximum absolute atomic E-state index is 13.1. The van der Waals surface area contributed by atoms with Crippen LogP contribution in [0.4, 0.5) is 4.39 Å².